The third-order valence-electron chi connectivity index (χ3n) is 6.02. The topological polar surface area (TPSA) is 51.4 Å². The molecule has 4 rings (SSSR count). The quantitative estimate of drug-likeness (QED) is 0.357. The third-order valence-corrected chi connectivity index (χ3v) is 7.77. The number of rotatable bonds is 5. The lowest BCUT2D eigenvalue weighted by atomic mass is 9.96. The van der Waals surface area contributed by atoms with Crippen molar-refractivity contribution in [1.29, 1.82) is 0 Å². The predicted octanol–water partition coefficient (Wildman–Crippen LogP) is 7.06. The lowest BCUT2D eigenvalue weighted by Crippen LogP contribution is -2.27. The molecule has 1 aromatic heterocycles. The van der Waals surface area contributed by atoms with Gasteiger partial charge in [-0.3, -0.25) is 0 Å². The van der Waals surface area contributed by atoms with Gasteiger partial charge in [-0.05, 0) is 48.4 Å². The average Bonchev–Trinajstić information content (AvgIpc) is 3.04. The molecule has 0 aliphatic heterocycles. The molecule has 0 N–H and O–H groups in total. The molecule has 1 fully saturated rings. The number of sulfonamides is 1. The Hall–Kier alpha value is -2.61. The molecule has 1 aliphatic rings. The number of benzene rings is 2. The van der Waals surface area contributed by atoms with Gasteiger partial charge in [0.1, 0.15) is 0 Å². The first-order valence-corrected chi connectivity index (χ1v) is 12.6. The van der Waals surface area contributed by atoms with Gasteiger partial charge in [0.15, 0.2) is 0 Å². The summed E-state index contributed by atoms with van der Waals surface area (Å²) in [6, 6.07) is 9.89. The predicted molar refractivity (Wildman–Crippen MR) is 131 cm³/mol. The number of alkyl halides is 3. The summed E-state index contributed by atoms with van der Waals surface area (Å²) in [5.41, 5.74) is -0.622. The maximum atomic E-state index is 13.7. The van der Waals surface area contributed by atoms with E-state index in [2.05, 4.69) is 4.40 Å². The summed E-state index contributed by atoms with van der Waals surface area (Å²) < 4.78 is 96.6. The van der Waals surface area contributed by atoms with E-state index in [1.54, 1.807) is 22.9 Å². The van der Waals surface area contributed by atoms with E-state index in [-0.39, 0.29) is 16.5 Å². The van der Waals surface area contributed by atoms with Crippen molar-refractivity contribution in [2.45, 2.75) is 64.9 Å². The van der Waals surface area contributed by atoms with Crippen LogP contribution in [0.4, 0.5) is 13.2 Å². The van der Waals surface area contributed by atoms with Crippen LogP contribution in [0.2, 0.25) is 0 Å². The molecule has 3 aromatic rings. The number of fused-ring (bicyclic) bond motifs is 1. The highest BCUT2D eigenvalue weighted by Crippen LogP contribution is 2.38. The molecule has 0 amide bonds. The van der Waals surface area contributed by atoms with Gasteiger partial charge in [0.05, 0.1) is 16.5 Å². The summed E-state index contributed by atoms with van der Waals surface area (Å²) in [6.45, 7) is 3.51. The van der Waals surface area contributed by atoms with Gasteiger partial charge in [-0.2, -0.15) is 17.6 Å². The van der Waals surface area contributed by atoms with E-state index in [1.165, 1.54) is 24.3 Å². The monoisotopic (exact) mass is 493 g/mol. The zero-order chi connectivity index (χ0) is 27.4. The summed E-state index contributed by atoms with van der Waals surface area (Å²) in [6.07, 6.45) is -1.38. The van der Waals surface area contributed by atoms with E-state index < -0.39 is 39.6 Å². The highest BCUT2D eigenvalue weighted by Gasteiger charge is 2.34. The molecule has 0 radical (unpaired) electrons. The lowest BCUT2D eigenvalue weighted by molar-refractivity contribution is -0.137. The largest absolute Gasteiger partial charge is 0.417 e. The van der Waals surface area contributed by atoms with Crippen molar-refractivity contribution in [2.75, 3.05) is 0 Å². The molecule has 0 unspecified atom stereocenters. The van der Waals surface area contributed by atoms with Gasteiger partial charge in [-0.25, -0.2) is 8.42 Å². The maximum absolute atomic E-state index is 13.7. The normalized spacial score (nSPS) is 17.8. The van der Waals surface area contributed by atoms with E-state index in [4.69, 9.17) is 4.11 Å². The van der Waals surface area contributed by atoms with Crippen LogP contribution in [0.1, 0.15) is 62.1 Å². The minimum atomic E-state index is -4.55. The molecule has 1 saturated carbocycles. The van der Waals surface area contributed by atoms with Crippen molar-refractivity contribution < 1.29 is 25.7 Å². The Morgan fingerprint density at radius 2 is 1.85 bits per heavy atom. The van der Waals surface area contributed by atoms with Crippen molar-refractivity contribution >= 4 is 26.6 Å². The van der Waals surface area contributed by atoms with Crippen molar-refractivity contribution in [2.24, 2.45) is 9.81 Å². The van der Waals surface area contributed by atoms with Crippen LogP contribution in [-0.4, -0.2) is 23.9 Å². The Labute approximate surface area is 202 Å². The molecule has 34 heavy (non-hydrogen) atoms. The second-order valence-corrected chi connectivity index (χ2v) is 11.9. The van der Waals surface area contributed by atoms with Crippen LogP contribution < -0.4 is 0 Å². The molecule has 8 heteroatoms. The highest BCUT2D eigenvalue weighted by molar-refractivity contribution is 7.91. The van der Waals surface area contributed by atoms with Crippen LogP contribution in [0.25, 0.3) is 22.0 Å². The molecule has 0 bridgehead atoms. The Balaban J connectivity index is 1.97. The van der Waals surface area contributed by atoms with E-state index in [0.29, 0.717) is 35.9 Å². The summed E-state index contributed by atoms with van der Waals surface area (Å²) in [5.74, 6) is 0. The van der Waals surface area contributed by atoms with Crippen molar-refractivity contribution in [1.82, 2.24) is 4.57 Å². The van der Waals surface area contributed by atoms with Crippen LogP contribution in [0.5, 0.6) is 0 Å². The van der Waals surface area contributed by atoms with E-state index in [9.17, 15) is 21.6 Å². The second kappa shape index (κ2) is 8.56. The van der Waals surface area contributed by atoms with Gasteiger partial charge in [-0.1, -0.05) is 57.5 Å². The van der Waals surface area contributed by atoms with Crippen LogP contribution in [0, 0.1) is 5.41 Å². The van der Waals surface area contributed by atoms with Gasteiger partial charge in [0, 0.05) is 33.3 Å². The fraction of sp³-hybridized carbons (Fsp3) is 0.423. The van der Waals surface area contributed by atoms with Crippen molar-refractivity contribution in [3.63, 3.8) is 0 Å². The molecule has 1 heterocycles. The summed E-state index contributed by atoms with van der Waals surface area (Å²) >= 11 is 0. The van der Waals surface area contributed by atoms with Gasteiger partial charge in [-0.15, -0.1) is 0 Å². The minimum Gasteiger partial charge on any atom is -0.346 e. The first kappa shape index (κ1) is 20.7. The molecule has 0 saturated heterocycles. The first-order chi connectivity index (χ1) is 17.0. The zero-order valence-electron chi connectivity index (χ0n) is 22.3. The van der Waals surface area contributed by atoms with E-state index in [1.807, 2.05) is 20.8 Å². The van der Waals surface area contributed by atoms with E-state index >= 15 is 0 Å². The number of hydrogen-bond acceptors (Lipinski definition) is 2. The molecule has 2 aromatic carbocycles. The minimum absolute atomic E-state index is 0.000711. The molecule has 0 atom stereocenters. The average molecular weight is 494 g/mol. The van der Waals surface area contributed by atoms with Crippen molar-refractivity contribution in [3.8, 4) is 11.1 Å². The summed E-state index contributed by atoms with van der Waals surface area (Å²) in [4.78, 5) is 0. The Morgan fingerprint density at radius 3 is 2.44 bits per heavy atom. The number of hydrogen-bond donors (Lipinski definition) is 0. The second-order valence-electron chi connectivity index (χ2n) is 10.0. The molecule has 0 spiro atoms. The lowest BCUT2D eigenvalue weighted by Gasteiger charge is -2.22. The SMILES string of the molecule is [2H]C([2H])([2H])C(=NS(=O)(=O)C1CCC1)c1cn(CC(C)(C)C)c2cc(-c3ccccc3C(F)(F)F)ccc12. The summed E-state index contributed by atoms with van der Waals surface area (Å²) in [5, 5.41) is -0.283. The standard InChI is InChI=1S/C26H29F3N2O2S/c1-17(30-34(32,33)19-8-7-9-19)22-15-31(16-25(2,3)4)24-14-18(12-13-21(22)24)20-10-5-6-11-23(20)26(27,28)29/h5-6,10-15,19H,7-9,16H2,1-4H3/i1D3. The fourth-order valence-electron chi connectivity index (χ4n) is 4.19. The molecule has 182 valence electrons. The van der Waals surface area contributed by atoms with Crippen LogP contribution in [0.15, 0.2) is 53.1 Å². The Kier molecular flexibility index (Phi) is 5.22. The molecular weight excluding hydrogens is 461 g/mol. The van der Waals surface area contributed by atoms with Gasteiger partial charge in [0.25, 0.3) is 10.0 Å². The smallest absolute Gasteiger partial charge is 0.346 e. The number of aromatic nitrogens is 1. The Bertz CT molecular complexity index is 1460. The number of nitrogens with zero attached hydrogens (tertiary/aromatic N) is 2. The first-order valence-electron chi connectivity index (χ1n) is 12.6. The molecule has 1 aliphatic carbocycles. The fourth-order valence-corrected chi connectivity index (χ4v) is 5.62. The summed E-state index contributed by atoms with van der Waals surface area (Å²) in [7, 11) is -4.03. The molecular formula is C26H29F3N2O2S. The Morgan fingerprint density at radius 1 is 1.15 bits per heavy atom. The maximum Gasteiger partial charge on any atom is 0.417 e. The van der Waals surface area contributed by atoms with Crippen LogP contribution in [0.3, 0.4) is 0 Å². The highest BCUT2D eigenvalue weighted by atomic mass is 32.2. The number of halogens is 3. The van der Waals surface area contributed by atoms with Gasteiger partial charge in [0.2, 0.25) is 0 Å². The van der Waals surface area contributed by atoms with Crippen LogP contribution >= 0.6 is 0 Å². The third kappa shape index (κ3) is 4.92. The van der Waals surface area contributed by atoms with Gasteiger partial charge >= 0.3 is 6.18 Å². The van der Waals surface area contributed by atoms with Crippen molar-refractivity contribution in [3.05, 3.63) is 59.8 Å². The van der Waals surface area contributed by atoms with Gasteiger partial charge < -0.3 is 4.57 Å². The zero-order valence-corrected chi connectivity index (χ0v) is 20.1. The van der Waals surface area contributed by atoms with Crippen LogP contribution in [-0.2, 0) is 22.7 Å². The molecule has 4 nitrogen and oxygen atoms in total. The van der Waals surface area contributed by atoms with E-state index in [0.717, 1.165) is 12.5 Å².